The van der Waals surface area contributed by atoms with Crippen LogP contribution < -0.4 is 21.3 Å². The maximum Gasteiger partial charge on any atom is 0.413 e. The molecule has 2 atom stereocenters. The minimum Gasteiger partial charge on any atom is -0.450 e. The van der Waals surface area contributed by atoms with Crippen LogP contribution in [0.5, 0.6) is 0 Å². The van der Waals surface area contributed by atoms with Crippen molar-refractivity contribution in [3.63, 3.8) is 0 Å². The molecule has 0 bridgehead atoms. The van der Waals surface area contributed by atoms with E-state index in [1.54, 1.807) is 41.5 Å². The van der Waals surface area contributed by atoms with Crippen LogP contribution in [0.2, 0.25) is 0 Å². The van der Waals surface area contributed by atoms with Crippen LogP contribution in [0.15, 0.2) is 77.4 Å². The lowest BCUT2D eigenvalue weighted by Crippen LogP contribution is -2.70. The second-order valence-corrected chi connectivity index (χ2v) is 17.2. The zero-order valence-electron chi connectivity index (χ0n) is 34.2. The fourth-order valence-electron chi connectivity index (χ4n) is 6.37. The lowest BCUT2D eigenvalue weighted by Gasteiger charge is -2.36. The van der Waals surface area contributed by atoms with Crippen LogP contribution in [0.25, 0.3) is 0 Å². The minimum absolute atomic E-state index is 0.00340. The van der Waals surface area contributed by atoms with E-state index in [9.17, 15) is 24.0 Å². The van der Waals surface area contributed by atoms with Gasteiger partial charge in [0.15, 0.2) is 16.9 Å². The van der Waals surface area contributed by atoms with Gasteiger partial charge in [0.1, 0.15) is 28.6 Å². The van der Waals surface area contributed by atoms with Crippen molar-refractivity contribution in [1.29, 1.82) is 0 Å². The first kappa shape index (κ1) is 43.2. The Bertz CT molecular complexity index is 2150. The van der Waals surface area contributed by atoms with Crippen molar-refractivity contribution in [3.8, 4) is 0 Å². The van der Waals surface area contributed by atoms with E-state index in [0.29, 0.717) is 18.5 Å². The Morgan fingerprint density at radius 3 is 2.15 bits per heavy atom. The Morgan fingerprint density at radius 2 is 1.55 bits per heavy atom. The number of alkyl carbamates (subject to hydrolysis) is 1. The number of ether oxygens (including phenoxy) is 3. The first-order chi connectivity index (χ1) is 28.5. The lowest BCUT2D eigenvalue weighted by atomic mass is 9.98. The molecule has 1 saturated heterocycles. The largest absolute Gasteiger partial charge is 0.450 e. The molecule has 4 N–H and O–H groups in total. The monoisotopic (exact) mass is 843 g/mol. The number of hydrogen-bond donors (Lipinski definition) is 4. The van der Waals surface area contributed by atoms with E-state index in [1.807, 2.05) is 60.7 Å². The summed E-state index contributed by atoms with van der Waals surface area (Å²) in [5, 5.41) is 25.1. The summed E-state index contributed by atoms with van der Waals surface area (Å²) < 4.78 is 16.8. The summed E-state index contributed by atoms with van der Waals surface area (Å²) in [6.07, 6.45) is 1.15. The molecule has 4 aromatic rings. The number of amides is 4. The quantitative estimate of drug-likeness (QED) is 0.0425. The highest BCUT2D eigenvalue weighted by Crippen LogP contribution is 2.38. The van der Waals surface area contributed by atoms with Crippen molar-refractivity contribution in [2.45, 2.75) is 115 Å². The predicted octanol–water partition coefficient (Wildman–Crippen LogP) is 5.16. The highest BCUT2D eigenvalue weighted by molar-refractivity contribution is 7.14. The predicted molar refractivity (Wildman–Crippen MR) is 219 cm³/mol. The van der Waals surface area contributed by atoms with Gasteiger partial charge in [-0.3, -0.25) is 14.9 Å². The summed E-state index contributed by atoms with van der Waals surface area (Å²) in [5.74, 6) is -1.96. The van der Waals surface area contributed by atoms with Gasteiger partial charge in [0.2, 0.25) is 11.5 Å². The molecule has 19 heteroatoms. The van der Waals surface area contributed by atoms with Gasteiger partial charge in [-0.25, -0.2) is 19.4 Å². The summed E-state index contributed by atoms with van der Waals surface area (Å²) in [4.78, 5) is 77.7. The van der Waals surface area contributed by atoms with E-state index >= 15 is 0 Å². The summed E-state index contributed by atoms with van der Waals surface area (Å²) >= 11 is 1.00. The highest BCUT2D eigenvalue weighted by atomic mass is 32.1. The van der Waals surface area contributed by atoms with E-state index in [0.717, 1.165) is 22.5 Å². The molecule has 3 heterocycles. The molecular weight excluding hydrogens is 795 g/mol. The van der Waals surface area contributed by atoms with Gasteiger partial charge in [0.25, 0.3) is 5.91 Å². The standard InChI is InChI=1S/C41H49N9O9S/c1-39(2,3)57-37(54)42-21-27-22-43-50(48-27)23-28-30(33(51)44-28)46-34(52)31(29-24-60-36(45-29)47-38(55)58-40(4,5)6)49-59-41(19-13-14-20-41)35(53)56-32(25-15-9-7-10-16-25)26-17-11-8-12-18-26/h7-12,15-18,22,24,28,30,32H,13-14,19-21,23H2,1-6H3,(H,42,54)(H,44,51)(H,46,52)(H,45,47,55)/b49-31-/t28-,30+/m1/s1. The van der Waals surface area contributed by atoms with Crippen molar-refractivity contribution >= 4 is 52.2 Å². The van der Waals surface area contributed by atoms with Gasteiger partial charge in [-0.1, -0.05) is 65.8 Å². The Morgan fingerprint density at radius 1 is 0.933 bits per heavy atom. The number of esters is 1. The third-order valence-corrected chi connectivity index (χ3v) is 9.91. The van der Waals surface area contributed by atoms with Crippen LogP contribution in [-0.2, 0) is 46.5 Å². The Kier molecular flexibility index (Phi) is 13.2. The number of nitrogens with zero attached hydrogens (tertiary/aromatic N) is 5. The van der Waals surface area contributed by atoms with Crippen molar-refractivity contribution in [1.82, 2.24) is 35.9 Å². The molecule has 18 nitrogen and oxygen atoms in total. The number of benzene rings is 2. The van der Waals surface area contributed by atoms with Gasteiger partial charge in [-0.15, -0.1) is 11.3 Å². The van der Waals surface area contributed by atoms with Crippen molar-refractivity contribution in [2.24, 2.45) is 5.16 Å². The Hall–Kier alpha value is -6.37. The maximum atomic E-state index is 14.2. The summed E-state index contributed by atoms with van der Waals surface area (Å²) in [6.45, 7) is 10.5. The van der Waals surface area contributed by atoms with E-state index in [-0.39, 0.29) is 42.5 Å². The summed E-state index contributed by atoms with van der Waals surface area (Å²) in [6, 6.07) is 17.0. The second kappa shape index (κ2) is 18.3. The SMILES string of the molecule is CC(C)(C)OC(=O)NCc1cnn(C[C@H]2NC(=O)[C@H]2NC(=O)/C(=N\OC2(C(=O)OC(c3ccccc3)c3ccccc3)CCCC2)c2csc(NC(=O)OC(C)(C)C)n2)n1. The van der Waals surface area contributed by atoms with Crippen LogP contribution in [-0.4, -0.2) is 84.5 Å². The number of carbonyl (C=O) groups excluding carboxylic acids is 5. The number of anilines is 1. The van der Waals surface area contributed by atoms with Gasteiger partial charge in [0.05, 0.1) is 25.3 Å². The van der Waals surface area contributed by atoms with Crippen molar-refractivity contribution in [3.05, 3.63) is 94.8 Å². The minimum atomic E-state index is -1.54. The van der Waals surface area contributed by atoms with Gasteiger partial charge >= 0.3 is 18.2 Å². The molecule has 2 aromatic carbocycles. The van der Waals surface area contributed by atoms with Crippen LogP contribution in [0.1, 0.15) is 95.8 Å². The second-order valence-electron chi connectivity index (χ2n) is 16.3. The Balaban J connectivity index is 1.21. The van der Waals surface area contributed by atoms with Gasteiger partial charge in [-0.05, 0) is 65.5 Å². The molecule has 2 aliphatic rings. The maximum absolute atomic E-state index is 14.2. The molecule has 1 saturated carbocycles. The molecule has 0 radical (unpaired) electrons. The average Bonchev–Trinajstić information content (AvgIpc) is 3.97. The average molecular weight is 844 g/mol. The number of nitrogens with one attached hydrogen (secondary N) is 4. The number of β-lactam (4-membered cyclic amide) rings is 1. The molecule has 2 fully saturated rings. The third-order valence-electron chi connectivity index (χ3n) is 9.15. The molecule has 1 aliphatic heterocycles. The number of hydrogen-bond acceptors (Lipinski definition) is 14. The van der Waals surface area contributed by atoms with Crippen LogP contribution in [0.3, 0.4) is 0 Å². The fraction of sp³-hybridized carbons (Fsp3) is 0.439. The van der Waals surface area contributed by atoms with E-state index in [1.165, 1.54) is 16.4 Å². The van der Waals surface area contributed by atoms with Crippen LogP contribution in [0, 0.1) is 0 Å². The van der Waals surface area contributed by atoms with Crippen molar-refractivity contribution in [2.75, 3.05) is 5.32 Å². The molecule has 60 heavy (non-hydrogen) atoms. The highest BCUT2D eigenvalue weighted by Gasteiger charge is 2.48. The van der Waals surface area contributed by atoms with E-state index in [4.69, 9.17) is 19.0 Å². The molecule has 2 aromatic heterocycles. The van der Waals surface area contributed by atoms with Crippen molar-refractivity contribution < 1.29 is 43.0 Å². The zero-order chi connectivity index (χ0) is 43.1. The molecule has 0 spiro atoms. The third kappa shape index (κ3) is 11.4. The number of rotatable bonds is 14. The molecule has 1 aliphatic carbocycles. The van der Waals surface area contributed by atoms with Crippen LogP contribution >= 0.6 is 11.3 Å². The van der Waals surface area contributed by atoms with Gasteiger partial charge < -0.3 is 35.0 Å². The normalized spacial score (nSPS) is 17.5. The summed E-state index contributed by atoms with van der Waals surface area (Å²) in [7, 11) is 0. The fourth-order valence-corrected chi connectivity index (χ4v) is 7.05. The molecular formula is C41H49N9O9S. The smallest absolute Gasteiger partial charge is 0.413 e. The molecule has 0 unspecified atom stereocenters. The summed E-state index contributed by atoms with van der Waals surface area (Å²) in [5.41, 5.74) is -1.38. The number of thiazole rings is 1. The number of carbonyl (C=O) groups is 5. The van der Waals surface area contributed by atoms with E-state index in [2.05, 4.69) is 41.6 Å². The molecule has 6 rings (SSSR count). The van der Waals surface area contributed by atoms with Gasteiger partial charge in [-0.2, -0.15) is 15.0 Å². The lowest BCUT2D eigenvalue weighted by molar-refractivity contribution is -0.176. The Labute approximate surface area is 350 Å². The zero-order valence-corrected chi connectivity index (χ0v) is 35.0. The first-order valence-electron chi connectivity index (χ1n) is 19.5. The molecule has 4 amide bonds. The van der Waals surface area contributed by atoms with E-state index < -0.39 is 65.0 Å². The molecule has 318 valence electrons. The van der Waals surface area contributed by atoms with Gasteiger partial charge in [0, 0.05) is 18.2 Å². The first-order valence-corrected chi connectivity index (χ1v) is 20.3. The van der Waals surface area contributed by atoms with Crippen LogP contribution in [0.4, 0.5) is 14.7 Å². The topological polar surface area (TPSA) is 226 Å². The number of oxime groups is 1. The number of aromatic nitrogens is 4.